The topological polar surface area (TPSA) is 87.2 Å². The molecule has 6 rings (SSSR count). The quantitative estimate of drug-likeness (QED) is 0.476. The number of hydrogen-bond donors (Lipinski definition) is 2. The first-order valence-electron chi connectivity index (χ1n) is 12.9. The highest BCUT2D eigenvalue weighted by molar-refractivity contribution is 6.06. The number of carbonyl (C=O) groups is 2. The summed E-state index contributed by atoms with van der Waals surface area (Å²) in [5.41, 5.74) is 7.01. The number of anilines is 3. The van der Waals surface area contributed by atoms with E-state index in [-0.39, 0.29) is 11.8 Å². The SMILES string of the molecule is CC=C/C=C\C1=C(C)NC(=O)C12Cc1ccc(Nc3cc(C(=O)N4CCc5ccccc54)ncn3)cc1C2. The van der Waals surface area contributed by atoms with Crippen LogP contribution in [0.5, 0.6) is 0 Å². The van der Waals surface area contributed by atoms with Crippen molar-refractivity contribution in [1.29, 1.82) is 0 Å². The second kappa shape index (κ2) is 9.41. The number of nitrogens with one attached hydrogen (secondary N) is 2. The third-order valence-corrected chi connectivity index (χ3v) is 7.70. The van der Waals surface area contributed by atoms with Crippen LogP contribution in [-0.2, 0) is 24.1 Å². The maximum atomic E-state index is 13.2. The Kier molecular flexibility index (Phi) is 5.91. The highest BCUT2D eigenvalue weighted by Crippen LogP contribution is 2.48. The van der Waals surface area contributed by atoms with E-state index in [1.54, 1.807) is 11.0 Å². The van der Waals surface area contributed by atoms with Crippen molar-refractivity contribution < 1.29 is 9.59 Å². The minimum absolute atomic E-state index is 0.0586. The number of benzene rings is 2. The Balaban J connectivity index is 1.22. The number of para-hydroxylation sites is 1. The van der Waals surface area contributed by atoms with Crippen LogP contribution in [0.15, 0.2) is 90.4 Å². The fourth-order valence-electron chi connectivity index (χ4n) is 5.87. The molecule has 2 N–H and O–H groups in total. The van der Waals surface area contributed by atoms with Gasteiger partial charge in [0.15, 0.2) is 0 Å². The molecular formula is C31H29N5O2. The molecule has 1 atom stereocenters. The molecule has 38 heavy (non-hydrogen) atoms. The zero-order valence-electron chi connectivity index (χ0n) is 21.5. The van der Waals surface area contributed by atoms with E-state index in [1.807, 2.05) is 56.3 Å². The van der Waals surface area contributed by atoms with Crippen molar-refractivity contribution in [3.05, 3.63) is 113 Å². The summed E-state index contributed by atoms with van der Waals surface area (Å²) in [5, 5.41) is 6.39. The van der Waals surface area contributed by atoms with E-state index in [2.05, 4.69) is 44.9 Å². The molecule has 3 heterocycles. The lowest BCUT2D eigenvalue weighted by molar-refractivity contribution is -0.126. The Hall–Kier alpha value is -4.52. The molecule has 7 nitrogen and oxygen atoms in total. The minimum atomic E-state index is -0.580. The van der Waals surface area contributed by atoms with Gasteiger partial charge >= 0.3 is 0 Å². The maximum Gasteiger partial charge on any atom is 0.277 e. The molecule has 0 radical (unpaired) electrons. The van der Waals surface area contributed by atoms with Gasteiger partial charge in [-0.05, 0) is 73.6 Å². The predicted octanol–water partition coefficient (Wildman–Crippen LogP) is 5.04. The van der Waals surface area contributed by atoms with Crippen LogP contribution in [0.1, 0.15) is 41.0 Å². The van der Waals surface area contributed by atoms with E-state index in [0.29, 0.717) is 30.9 Å². The van der Waals surface area contributed by atoms with Gasteiger partial charge in [-0.25, -0.2) is 9.97 Å². The zero-order valence-corrected chi connectivity index (χ0v) is 21.5. The number of hydrogen-bond acceptors (Lipinski definition) is 5. The van der Waals surface area contributed by atoms with Crippen molar-refractivity contribution in [1.82, 2.24) is 15.3 Å². The summed E-state index contributed by atoms with van der Waals surface area (Å²) >= 11 is 0. The first-order valence-corrected chi connectivity index (χ1v) is 12.9. The van der Waals surface area contributed by atoms with Crippen LogP contribution in [-0.4, -0.2) is 28.3 Å². The van der Waals surface area contributed by atoms with E-state index in [9.17, 15) is 9.59 Å². The normalized spacial score (nSPS) is 20.1. The molecule has 0 bridgehead atoms. The first kappa shape index (κ1) is 23.9. The average Bonchev–Trinajstić information content (AvgIpc) is 3.58. The molecule has 2 aromatic carbocycles. The molecule has 2 amide bonds. The molecule has 1 aromatic heterocycles. The Bertz CT molecular complexity index is 1550. The highest BCUT2D eigenvalue weighted by atomic mass is 16.2. The molecule has 1 unspecified atom stereocenters. The molecule has 1 aliphatic carbocycles. The van der Waals surface area contributed by atoms with Gasteiger partial charge in [0.25, 0.3) is 5.91 Å². The number of amides is 2. The summed E-state index contributed by atoms with van der Waals surface area (Å²) in [6.07, 6.45) is 11.6. The van der Waals surface area contributed by atoms with E-state index in [0.717, 1.165) is 34.6 Å². The van der Waals surface area contributed by atoms with Crippen LogP contribution >= 0.6 is 0 Å². The molecular weight excluding hydrogens is 474 g/mol. The number of allylic oxidation sites excluding steroid dienone is 5. The molecule has 3 aliphatic rings. The van der Waals surface area contributed by atoms with Crippen molar-refractivity contribution in [3.8, 4) is 0 Å². The number of rotatable bonds is 5. The monoisotopic (exact) mass is 503 g/mol. The lowest BCUT2D eigenvalue weighted by Crippen LogP contribution is -2.34. The maximum absolute atomic E-state index is 13.2. The van der Waals surface area contributed by atoms with E-state index >= 15 is 0 Å². The molecule has 0 saturated heterocycles. The van der Waals surface area contributed by atoms with E-state index < -0.39 is 5.41 Å². The van der Waals surface area contributed by atoms with Gasteiger partial charge in [-0.2, -0.15) is 0 Å². The van der Waals surface area contributed by atoms with Gasteiger partial charge in [-0.3, -0.25) is 9.59 Å². The largest absolute Gasteiger partial charge is 0.340 e. The lowest BCUT2D eigenvalue weighted by Gasteiger charge is -2.22. The smallest absolute Gasteiger partial charge is 0.277 e. The fraction of sp³-hybridized carbons (Fsp3) is 0.226. The summed E-state index contributed by atoms with van der Waals surface area (Å²) in [4.78, 5) is 36.7. The van der Waals surface area contributed by atoms with Crippen LogP contribution < -0.4 is 15.5 Å². The van der Waals surface area contributed by atoms with Crippen molar-refractivity contribution in [2.75, 3.05) is 16.8 Å². The van der Waals surface area contributed by atoms with Gasteiger partial charge in [0.1, 0.15) is 17.8 Å². The van der Waals surface area contributed by atoms with Crippen LogP contribution in [0.3, 0.4) is 0 Å². The Morgan fingerprint density at radius 3 is 2.76 bits per heavy atom. The van der Waals surface area contributed by atoms with Crippen LogP contribution in [0.2, 0.25) is 0 Å². The van der Waals surface area contributed by atoms with Crippen LogP contribution in [0.4, 0.5) is 17.2 Å². The molecule has 7 heteroatoms. The van der Waals surface area contributed by atoms with Gasteiger partial charge in [0.05, 0.1) is 5.41 Å². The van der Waals surface area contributed by atoms with Crippen molar-refractivity contribution in [3.63, 3.8) is 0 Å². The number of nitrogens with zero attached hydrogens (tertiary/aromatic N) is 3. The van der Waals surface area contributed by atoms with Gasteiger partial charge < -0.3 is 15.5 Å². The summed E-state index contributed by atoms with van der Waals surface area (Å²) in [7, 11) is 0. The molecule has 190 valence electrons. The lowest BCUT2D eigenvalue weighted by atomic mass is 9.78. The Morgan fingerprint density at radius 1 is 1.05 bits per heavy atom. The summed E-state index contributed by atoms with van der Waals surface area (Å²) in [6.45, 7) is 4.58. The molecule has 0 fully saturated rings. The predicted molar refractivity (Wildman–Crippen MR) is 148 cm³/mol. The summed E-state index contributed by atoms with van der Waals surface area (Å²) < 4.78 is 0. The molecule has 2 aliphatic heterocycles. The van der Waals surface area contributed by atoms with Crippen LogP contribution in [0, 0.1) is 5.41 Å². The standard InChI is InChI=1S/C31H29N5O2/c1-3-4-5-9-25-20(2)34-30(38)31(25)17-22-11-12-24(15-23(22)18-31)35-28-16-26(32-19-33-28)29(37)36-14-13-21-8-6-7-10-27(21)36/h3-12,15-16,19H,13-14,17-18H2,1-2H3,(H,34,38)(H,32,33,35)/b4-3?,9-5-. The van der Waals surface area contributed by atoms with Gasteiger partial charge in [-0.15, -0.1) is 0 Å². The third kappa shape index (κ3) is 4.00. The highest BCUT2D eigenvalue weighted by Gasteiger charge is 2.50. The second-order valence-corrected chi connectivity index (χ2v) is 10.0. The zero-order chi connectivity index (χ0) is 26.3. The average molecular weight is 504 g/mol. The fourth-order valence-corrected chi connectivity index (χ4v) is 5.87. The number of carbonyl (C=O) groups excluding carboxylic acids is 2. The molecule has 3 aromatic rings. The van der Waals surface area contributed by atoms with Gasteiger partial charge in [0, 0.05) is 29.7 Å². The number of fused-ring (bicyclic) bond motifs is 2. The number of aromatic nitrogens is 2. The molecule has 1 spiro atoms. The van der Waals surface area contributed by atoms with Gasteiger partial charge in [0.2, 0.25) is 5.91 Å². The summed E-state index contributed by atoms with van der Waals surface area (Å²) in [6, 6.07) is 15.8. The summed E-state index contributed by atoms with van der Waals surface area (Å²) in [5.74, 6) is 0.472. The van der Waals surface area contributed by atoms with Crippen molar-refractivity contribution in [2.45, 2.75) is 33.1 Å². The Morgan fingerprint density at radius 2 is 1.89 bits per heavy atom. The van der Waals surface area contributed by atoms with Crippen molar-refractivity contribution >= 4 is 29.0 Å². The van der Waals surface area contributed by atoms with Gasteiger partial charge in [-0.1, -0.05) is 48.6 Å². The van der Waals surface area contributed by atoms with E-state index in [1.165, 1.54) is 17.5 Å². The minimum Gasteiger partial charge on any atom is -0.340 e. The van der Waals surface area contributed by atoms with Crippen molar-refractivity contribution in [2.24, 2.45) is 5.41 Å². The third-order valence-electron chi connectivity index (χ3n) is 7.70. The Labute approximate surface area is 222 Å². The van der Waals surface area contributed by atoms with Crippen LogP contribution in [0.25, 0.3) is 0 Å². The molecule has 0 saturated carbocycles. The first-order chi connectivity index (χ1) is 18.5. The second-order valence-electron chi connectivity index (χ2n) is 10.0. The van der Waals surface area contributed by atoms with E-state index in [4.69, 9.17) is 0 Å².